The maximum Gasteiger partial charge on any atom is 0.252 e. The van der Waals surface area contributed by atoms with Crippen LogP contribution in [-0.4, -0.2) is 50.2 Å². The molecule has 1 amide bonds. The summed E-state index contributed by atoms with van der Waals surface area (Å²) < 4.78 is 30.0. The van der Waals surface area contributed by atoms with Crippen LogP contribution in [0.3, 0.4) is 0 Å². The highest BCUT2D eigenvalue weighted by molar-refractivity contribution is 5.81. The van der Waals surface area contributed by atoms with Crippen LogP contribution in [0.25, 0.3) is 0 Å². The summed E-state index contributed by atoms with van der Waals surface area (Å²) in [6.07, 6.45) is 2.10. The van der Waals surface area contributed by atoms with Crippen molar-refractivity contribution in [1.29, 1.82) is 0 Å². The summed E-state index contributed by atoms with van der Waals surface area (Å²) in [5, 5.41) is 7.35. The molecule has 1 saturated heterocycles. The second kappa shape index (κ2) is 7.55. The molecule has 2 aromatic heterocycles. The van der Waals surface area contributed by atoms with Crippen LogP contribution in [0.4, 0.5) is 8.78 Å². The molecule has 0 unspecified atom stereocenters. The number of fused-ring (bicyclic) bond motifs is 4. The van der Waals surface area contributed by atoms with Crippen LogP contribution >= 0.6 is 0 Å². The summed E-state index contributed by atoms with van der Waals surface area (Å²) in [5.41, 5.74) is 1.62. The zero-order valence-electron chi connectivity index (χ0n) is 17.5. The summed E-state index contributed by atoms with van der Waals surface area (Å²) in [7, 11) is 0. The van der Waals surface area contributed by atoms with E-state index in [1.165, 1.54) is 6.07 Å². The number of amides is 1. The summed E-state index contributed by atoms with van der Waals surface area (Å²) in [4.78, 5) is 28.2. The fourth-order valence-corrected chi connectivity index (χ4v) is 5.44. The van der Waals surface area contributed by atoms with E-state index in [9.17, 15) is 18.4 Å². The first-order chi connectivity index (χ1) is 14.8. The van der Waals surface area contributed by atoms with Crippen LogP contribution in [0.15, 0.2) is 35.3 Å². The second-order valence-corrected chi connectivity index (χ2v) is 9.12. The first-order valence-electron chi connectivity index (χ1n) is 11.0. The highest BCUT2D eigenvalue weighted by Gasteiger charge is 2.48. The van der Waals surface area contributed by atoms with Gasteiger partial charge in [0.2, 0.25) is 5.91 Å². The predicted octanol–water partition coefficient (Wildman–Crippen LogP) is 2.14. The predicted molar refractivity (Wildman–Crippen MR) is 110 cm³/mol. The normalized spacial score (nSPS) is 27.4. The average molecular weight is 431 g/mol. The zero-order valence-corrected chi connectivity index (χ0v) is 17.5. The summed E-state index contributed by atoms with van der Waals surface area (Å²) in [6.45, 7) is 4.99. The van der Waals surface area contributed by atoms with E-state index in [1.807, 2.05) is 29.9 Å². The monoisotopic (exact) mass is 431 g/mol. The number of halogens is 2. The molecule has 1 saturated carbocycles. The van der Waals surface area contributed by atoms with Gasteiger partial charge in [0.15, 0.2) is 0 Å². The smallest absolute Gasteiger partial charge is 0.252 e. The first-order valence-corrected chi connectivity index (χ1v) is 11.0. The average Bonchev–Trinajstić information content (AvgIpc) is 3.15. The third-order valence-electron chi connectivity index (χ3n) is 6.83. The molecular weight excluding hydrogens is 404 g/mol. The number of aromatic nitrogens is 3. The van der Waals surface area contributed by atoms with Crippen molar-refractivity contribution in [3.05, 3.63) is 52.2 Å². The van der Waals surface area contributed by atoms with Gasteiger partial charge in [0.05, 0.1) is 5.69 Å². The van der Waals surface area contributed by atoms with E-state index >= 15 is 0 Å². The number of hydrogen-bond acceptors (Lipinski definition) is 4. The van der Waals surface area contributed by atoms with Gasteiger partial charge in [0.1, 0.15) is 6.04 Å². The van der Waals surface area contributed by atoms with Crippen molar-refractivity contribution in [2.45, 2.75) is 63.2 Å². The zero-order chi connectivity index (χ0) is 21.8. The Kier molecular flexibility index (Phi) is 4.96. The van der Waals surface area contributed by atoms with Crippen molar-refractivity contribution < 1.29 is 13.6 Å². The molecule has 2 aliphatic heterocycles. The Labute approximate surface area is 179 Å². The number of carbonyl (C=O) groups is 1. The number of pyridine rings is 1. The minimum absolute atomic E-state index is 0.0554. The van der Waals surface area contributed by atoms with Gasteiger partial charge in [-0.3, -0.25) is 23.7 Å². The van der Waals surface area contributed by atoms with Crippen molar-refractivity contribution in [3.63, 3.8) is 0 Å². The van der Waals surface area contributed by atoms with E-state index in [4.69, 9.17) is 0 Å². The standard InChI is InChI=1S/C22H27F2N5O2/c1-2-28-7-6-16(26-28)13-27-11-14-8-15(12-27)20(29-18(14)4-3-5-19(29)30)21(31)25-17-9-22(23,24)10-17/h3-7,14-15,17,20H,2,8-13H2,1H3,(H,25,31)/t14-,15+,20+/m0/s1. The van der Waals surface area contributed by atoms with Gasteiger partial charge in [-0.25, -0.2) is 8.78 Å². The van der Waals surface area contributed by atoms with Crippen LogP contribution in [0.5, 0.6) is 0 Å². The lowest BCUT2D eigenvalue weighted by atomic mass is 9.77. The van der Waals surface area contributed by atoms with Crippen molar-refractivity contribution in [1.82, 2.24) is 24.6 Å². The van der Waals surface area contributed by atoms with E-state index in [0.717, 1.165) is 30.9 Å². The van der Waals surface area contributed by atoms with Gasteiger partial charge in [0.25, 0.3) is 11.5 Å². The maximum atomic E-state index is 13.3. The maximum absolute atomic E-state index is 13.3. The third kappa shape index (κ3) is 3.79. The molecule has 4 heterocycles. The van der Waals surface area contributed by atoms with Gasteiger partial charge in [-0.1, -0.05) is 6.07 Å². The highest BCUT2D eigenvalue weighted by Crippen LogP contribution is 2.42. The number of nitrogens with one attached hydrogen (secondary N) is 1. The van der Waals surface area contributed by atoms with Crippen molar-refractivity contribution in [2.24, 2.45) is 5.92 Å². The lowest BCUT2D eigenvalue weighted by Crippen LogP contribution is -2.57. The minimum Gasteiger partial charge on any atom is -0.351 e. The summed E-state index contributed by atoms with van der Waals surface area (Å²) in [5.74, 6) is -2.93. The molecule has 7 nitrogen and oxygen atoms in total. The Morgan fingerprint density at radius 2 is 2.06 bits per heavy atom. The molecule has 0 spiro atoms. The van der Waals surface area contributed by atoms with E-state index < -0.39 is 18.0 Å². The molecule has 2 fully saturated rings. The molecule has 0 aromatic carbocycles. The van der Waals surface area contributed by atoms with Crippen molar-refractivity contribution in [3.8, 4) is 0 Å². The lowest BCUT2D eigenvalue weighted by Gasteiger charge is -2.47. The Balaban J connectivity index is 1.40. The molecule has 9 heteroatoms. The van der Waals surface area contributed by atoms with Crippen LogP contribution in [0.2, 0.25) is 0 Å². The molecule has 1 aliphatic carbocycles. The van der Waals surface area contributed by atoms with Gasteiger partial charge in [0, 0.05) is 74.9 Å². The molecule has 2 aromatic rings. The van der Waals surface area contributed by atoms with E-state index in [2.05, 4.69) is 15.3 Å². The number of piperidine rings is 1. The van der Waals surface area contributed by atoms with Gasteiger partial charge in [-0.2, -0.15) is 5.10 Å². The molecule has 0 radical (unpaired) electrons. The molecule has 5 rings (SSSR count). The largest absolute Gasteiger partial charge is 0.351 e. The fourth-order valence-electron chi connectivity index (χ4n) is 5.44. The van der Waals surface area contributed by atoms with Gasteiger partial charge < -0.3 is 5.32 Å². The van der Waals surface area contributed by atoms with Crippen molar-refractivity contribution in [2.75, 3.05) is 13.1 Å². The van der Waals surface area contributed by atoms with Gasteiger partial charge in [-0.15, -0.1) is 0 Å². The molecule has 3 atom stereocenters. The van der Waals surface area contributed by atoms with Crippen LogP contribution in [0, 0.1) is 5.92 Å². The molecule has 3 aliphatic rings. The Bertz CT molecular complexity index is 1040. The molecule has 2 bridgehead atoms. The molecular formula is C22H27F2N5O2. The van der Waals surface area contributed by atoms with E-state index in [1.54, 1.807) is 10.6 Å². The SMILES string of the molecule is CCn1ccc(CN2C[C@@H]3C[C@H](C2)[C@H](C(=O)NC2CC(F)(F)C2)n2c3cccc2=O)n1. The minimum atomic E-state index is -2.70. The Morgan fingerprint density at radius 3 is 2.77 bits per heavy atom. The summed E-state index contributed by atoms with van der Waals surface area (Å²) in [6, 6.07) is 5.92. The van der Waals surface area contributed by atoms with E-state index in [-0.39, 0.29) is 36.1 Å². The number of carbonyl (C=O) groups excluding carboxylic acids is 1. The third-order valence-corrected chi connectivity index (χ3v) is 6.83. The number of nitrogens with zero attached hydrogens (tertiary/aromatic N) is 4. The number of hydrogen-bond donors (Lipinski definition) is 1. The van der Waals surface area contributed by atoms with Gasteiger partial charge in [-0.05, 0) is 25.5 Å². The topological polar surface area (TPSA) is 72.2 Å². The van der Waals surface area contributed by atoms with E-state index in [0.29, 0.717) is 13.1 Å². The highest BCUT2D eigenvalue weighted by atomic mass is 19.3. The Hall–Kier alpha value is -2.55. The van der Waals surface area contributed by atoms with Crippen LogP contribution in [0.1, 0.15) is 49.5 Å². The second-order valence-electron chi connectivity index (χ2n) is 9.12. The lowest BCUT2D eigenvalue weighted by molar-refractivity contribution is -0.135. The molecule has 1 N–H and O–H groups in total. The van der Waals surface area contributed by atoms with Crippen molar-refractivity contribution >= 4 is 5.91 Å². The van der Waals surface area contributed by atoms with Gasteiger partial charge >= 0.3 is 0 Å². The Morgan fingerprint density at radius 1 is 1.26 bits per heavy atom. The van der Waals surface area contributed by atoms with Crippen LogP contribution in [-0.2, 0) is 17.9 Å². The number of rotatable bonds is 5. The number of alkyl halides is 2. The summed E-state index contributed by atoms with van der Waals surface area (Å²) >= 11 is 0. The quantitative estimate of drug-likeness (QED) is 0.788. The van der Waals surface area contributed by atoms with Crippen LogP contribution < -0.4 is 10.9 Å². The number of likely N-dealkylation sites (tertiary alicyclic amines) is 1. The first kappa shape index (κ1) is 20.4. The molecule has 31 heavy (non-hydrogen) atoms. The fraction of sp³-hybridized carbons (Fsp3) is 0.591. The number of aryl methyl sites for hydroxylation is 1. The molecule has 166 valence electrons.